The smallest absolute Gasteiger partial charge is 0.236 e. The first kappa shape index (κ1) is 16.9. The Morgan fingerprint density at radius 3 is 2.65 bits per heavy atom. The molecule has 0 aliphatic carbocycles. The lowest BCUT2D eigenvalue weighted by atomic mass is 10.2. The van der Waals surface area contributed by atoms with Crippen LogP contribution in [-0.2, 0) is 4.79 Å². The van der Waals surface area contributed by atoms with Crippen molar-refractivity contribution in [2.24, 2.45) is 0 Å². The second kappa shape index (κ2) is 8.25. The van der Waals surface area contributed by atoms with Gasteiger partial charge in [-0.25, -0.2) is 0 Å². The molecule has 1 aliphatic rings. The predicted molar refractivity (Wildman–Crippen MR) is 79.6 cm³/mol. The highest BCUT2D eigenvalue weighted by Crippen LogP contribution is 2.29. The minimum absolute atomic E-state index is 0.00909. The van der Waals surface area contributed by atoms with E-state index in [4.69, 9.17) is 15.0 Å². The number of likely N-dealkylation sites (tertiary alicyclic amines) is 1. The Kier molecular flexibility index (Phi) is 6.07. The van der Waals surface area contributed by atoms with Crippen molar-refractivity contribution in [3.05, 3.63) is 11.7 Å². The van der Waals surface area contributed by atoms with Crippen molar-refractivity contribution in [1.82, 2.24) is 19.9 Å². The molecule has 23 heavy (non-hydrogen) atoms. The third-order valence-corrected chi connectivity index (χ3v) is 3.88. The maximum atomic E-state index is 12.5. The second-order valence-corrected chi connectivity index (χ2v) is 5.50. The molecular weight excluding hydrogens is 296 g/mol. The first-order valence-electron chi connectivity index (χ1n) is 7.71. The highest BCUT2D eigenvalue weighted by molar-refractivity contribution is 5.78. The molecule has 0 aromatic carbocycles. The Labute approximate surface area is 135 Å². The van der Waals surface area contributed by atoms with E-state index in [2.05, 4.69) is 10.1 Å². The summed E-state index contributed by atoms with van der Waals surface area (Å²) in [5.74, 6) is 1.07. The Morgan fingerprint density at radius 1 is 1.39 bits per heavy atom. The van der Waals surface area contributed by atoms with Gasteiger partial charge in [0.1, 0.15) is 0 Å². The second-order valence-electron chi connectivity index (χ2n) is 5.50. The SMILES string of the molecule is Cc1nc(C2CCCN2CC(=O)N(CCC#N)CCC#N)no1. The molecule has 1 aromatic heterocycles. The number of hydrogen-bond acceptors (Lipinski definition) is 7. The molecule has 2 rings (SSSR count). The average Bonchev–Trinajstić information content (AvgIpc) is 3.16. The molecule has 1 saturated heterocycles. The van der Waals surface area contributed by atoms with E-state index in [-0.39, 0.29) is 31.3 Å². The van der Waals surface area contributed by atoms with Gasteiger partial charge in [-0.15, -0.1) is 0 Å². The summed E-state index contributed by atoms with van der Waals surface area (Å²) in [5, 5.41) is 21.4. The van der Waals surface area contributed by atoms with Crippen molar-refractivity contribution in [1.29, 1.82) is 10.5 Å². The maximum absolute atomic E-state index is 12.5. The van der Waals surface area contributed by atoms with Crippen molar-refractivity contribution < 1.29 is 9.32 Å². The summed E-state index contributed by atoms with van der Waals surface area (Å²) in [6, 6.07) is 4.07. The number of hydrogen-bond donors (Lipinski definition) is 0. The predicted octanol–water partition coefficient (Wildman–Crippen LogP) is 1.17. The van der Waals surface area contributed by atoms with Gasteiger partial charge in [0.2, 0.25) is 11.8 Å². The maximum Gasteiger partial charge on any atom is 0.236 e. The van der Waals surface area contributed by atoms with E-state index >= 15 is 0 Å². The summed E-state index contributed by atoms with van der Waals surface area (Å²) in [7, 11) is 0. The molecule has 8 nitrogen and oxygen atoms in total. The first-order chi connectivity index (χ1) is 11.2. The van der Waals surface area contributed by atoms with Crippen molar-refractivity contribution >= 4 is 5.91 Å². The highest BCUT2D eigenvalue weighted by atomic mass is 16.5. The molecule has 0 N–H and O–H groups in total. The fraction of sp³-hybridized carbons (Fsp3) is 0.667. The molecule has 122 valence electrons. The van der Waals surface area contributed by atoms with Gasteiger partial charge in [-0.3, -0.25) is 9.69 Å². The quantitative estimate of drug-likeness (QED) is 0.742. The summed E-state index contributed by atoms with van der Waals surface area (Å²) in [6.07, 6.45) is 2.40. The molecule has 1 aromatic rings. The van der Waals surface area contributed by atoms with Gasteiger partial charge in [0, 0.05) is 20.0 Å². The van der Waals surface area contributed by atoms with Gasteiger partial charge in [0.25, 0.3) is 0 Å². The highest BCUT2D eigenvalue weighted by Gasteiger charge is 2.31. The molecule has 1 unspecified atom stereocenters. The summed E-state index contributed by atoms with van der Waals surface area (Å²) in [5.41, 5.74) is 0. The minimum atomic E-state index is -0.0670. The van der Waals surface area contributed by atoms with Crippen LogP contribution in [0, 0.1) is 29.6 Å². The molecule has 1 fully saturated rings. The zero-order chi connectivity index (χ0) is 16.7. The van der Waals surface area contributed by atoms with E-state index in [9.17, 15) is 4.79 Å². The van der Waals surface area contributed by atoms with Gasteiger partial charge in [-0.05, 0) is 19.4 Å². The van der Waals surface area contributed by atoms with Crippen LogP contribution in [0.4, 0.5) is 0 Å². The summed E-state index contributed by atoms with van der Waals surface area (Å²) < 4.78 is 5.03. The summed E-state index contributed by atoms with van der Waals surface area (Å²) in [4.78, 5) is 20.4. The molecular formula is C15H20N6O2. The average molecular weight is 316 g/mol. The van der Waals surface area contributed by atoms with E-state index in [0.29, 0.717) is 24.8 Å². The summed E-state index contributed by atoms with van der Waals surface area (Å²) >= 11 is 0. The largest absolute Gasteiger partial charge is 0.340 e. The molecule has 0 bridgehead atoms. The minimum Gasteiger partial charge on any atom is -0.340 e. The van der Waals surface area contributed by atoms with Gasteiger partial charge < -0.3 is 9.42 Å². The van der Waals surface area contributed by atoms with Crippen molar-refractivity contribution in [3.8, 4) is 12.1 Å². The Balaban J connectivity index is 1.98. The van der Waals surface area contributed by atoms with Crippen LogP contribution in [0.2, 0.25) is 0 Å². The zero-order valence-electron chi connectivity index (χ0n) is 13.2. The van der Waals surface area contributed by atoms with Crippen molar-refractivity contribution in [2.45, 2.75) is 38.6 Å². The van der Waals surface area contributed by atoms with E-state index in [1.165, 1.54) is 0 Å². The third kappa shape index (κ3) is 4.51. The van der Waals surface area contributed by atoms with Gasteiger partial charge in [-0.2, -0.15) is 15.5 Å². The fourth-order valence-electron chi connectivity index (χ4n) is 2.76. The van der Waals surface area contributed by atoms with Crippen LogP contribution in [0.3, 0.4) is 0 Å². The number of rotatable bonds is 7. The topological polar surface area (TPSA) is 110 Å². The van der Waals surface area contributed by atoms with E-state index in [1.54, 1.807) is 11.8 Å². The number of nitriles is 2. The van der Waals surface area contributed by atoms with Crippen LogP contribution in [-0.4, -0.2) is 52.0 Å². The zero-order valence-corrected chi connectivity index (χ0v) is 13.2. The normalized spacial score (nSPS) is 17.6. The number of aryl methyl sites for hydroxylation is 1. The Bertz CT molecular complexity index is 596. The lowest BCUT2D eigenvalue weighted by molar-refractivity contribution is -0.132. The van der Waals surface area contributed by atoms with Gasteiger partial charge in [0.15, 0.2) is 5.82 Å². The number of amides is 1. The van der Waals surface area contributed by atoms with Gasteiger partial charge in [-0.1, -0.05) is 5.16 Å². The van der Waals surface area contributed by atoms with Crippen LogP contribution in [0.5, 0.6) is 0 Å². The molecule has 1 amide bonds. The molecule has 0 saturated carbocycles. The standard InChI is InChI=1S/C15H20N6O2/c1-12-18-15(19-23-12)13-5-2-8-21(13)11-14(22)20(9-3-6-16)10-4-7-17/h13H,2-5,8-11H2,1H3. The molecule has 1 aliphatic heterocycles. The fourth-order valence-corrected chi connectivity index (χ4v) is 2.76. The van der Waals surface area contributed by atoms with Crippen molar-refractivity contribution in [2.75, 3.05) is 26.2 Å². The number of carbonyl (C=O) groups is 1. The lowest BCUT2D eigenvalue weighted by Gasteiger charge is -2.26. The van der Waals surface area contributed by atoms with E-state index in [1.807, 2.05) is 17.0 Å². The lowest BCUT2D eigenvalue weighted by Crippen LogP contribution is -2.41. The molecule has 0 spiro atoms. The molecule has 2 heterocycles. The van der Waals surface area contributed by atoms with E-state index in [0.717, 1.165) is 19.4 Å². The summed E-state index contributed by atoms with van der Waals surface area (Å²) in [6.45, 7) is 3.50. The van der Waals surface area contributed by atoms with Crippen LogP contribution in [0.1, 0.15) is 43.4 Å². The van der Waals surface area contributed by atoms with Gasteiger partial charge >= 0.3 is 0 Å². The number of aromatic nitrogens is 2. The molecule has 0 radical (unpaired) electrons. The van der Waals surface area contributed by atoms with Crippen molar-refractivity contribution in [3.63, 3.8) is 0 Å². The number of carbonyl (C=O) groups excluding carboxylic acids is 1. The first-order valence-corrected chi connectivity index (χ1v) is 7.71. The monoisotopic (exact) mass is 316 g/mol. The third-order valence-electron chi connectivity index (χ3n) is 3.88. The Morgan fingerprint density at radius 2 is 2.09 bits per heavy atom. The Hall–Kier alpha value is -2.45. The molecule has 1 atom stereocenters. The van der Waals surface area contributed by atoms with Crippen LogP contribution < -0.4 is 0 Å². The van der Waals surface area contributed by atoms with Gasteiger partial charge in [0.05, 0.1) is 37.6 Å². The molecule has 8 heteroatoms. The van der Waals surface area contributed by atoms with Crippen LogP contribution in [0.25, 0.3) is 0 Å². The van der Waals surface area contributed by atoms with E-state index < -0.39 is 0 Å². The number of nitrogens with zero attached hydrogens (tertiary/aromatic N) is 6. The van der Waals surface area contributed by atoms with Crippen LogP contribution >= 0.6 is 0 Å². The van der Waals surface area contributed by atoms with Crippen LogP contribution in [0.15, 0.2) is 4.52 Å².